The molecule has 2 aliphatic rings. The number of anilines is 2. The fraction of sp³-hybridized carbons (Fsp3) is 0.629. The first-order chi connectivity index (χ1) is 23.2. The third-order valence-electron chi connectivity index (χ3n) is 7.88. The van der Waals surface area contributed by atoms with Crippen molar-refractivity contribution in [3.05, 3.63) is 48.0 Å². The number of rotatable bonds is 24. The summed E-state index contributed by atoms with van der Waals surface area (Å²) in [4.78, 5) is 22.1. The summed E-state index contributed by atoms with van der Waals surface area (Å²) >= 11 is 1.85. The minimum Gasteiger partial charge on any atom is -0.382 e. The van der Waals surface area contributed by atoms with Gasteiger partial charge in [0.2, 0.25) is 5.91 Å². The van der Waals surface area contributed by atoms with Gasteiger partial charge in [-0.15, -0.1) is 0 Å². The Kier molecular flexibility index (Phi) is 17.9. The van der Waals surface area contributed by atoms with E-state index in [0.29, 0.717) is 79.3 Å². The Morgan fingerprint density at radius 2 is 1.21 bits per heavy atom. The summed E-state index contributed by atoms with van der Waals surface area (Å²) in [6.45, 7) is 13.6. The number of methoxy groups -OCH3 is 1. The first-order valence-corrected chi connectivity index (χ1v) is 17.6. The molecular weight excluding hydrogens is 622 g/mol. The highest BCUT2D eigenvalue weighted by atomic mass is 32.2. The zero-order chi connectivity index (χ0) is 32.9. The number of para-hydroxylation sites is 1. The molecule has 262 valence electrons. The van der Waals surface area contributed by atoms with Crippen molar-refractivity contribution in [2.45, 2.75) is 23.1 Å². The van der Waals surface area contributed by atoms with Gasteiger partial charge in [-0.2, -0.15) is 0 Å². The average Bonchev–Trinajstić information content (AvgIpc) is 3.09. The van der Waals surface area contributed by atoms with Gasteiger partial charge >= 0.3 is 0 Å². The Morgan fingerprint density at radius 1 is 0.660 bits per heavy atom. The molecule has 12 heteroatoms. The second-order valence-corrected chi connectivity index (χ2v) is 12.5. The Morgan fingerprint density at radius 3 is 1.83 bits per heavy atom. The van der Waals surface area contributed by atoms with Crippen LogP contribution in [0, 0.1) is 6.92 Å². The van der Waals surface area contributed by atoms with Crippen LogP contribution in [0.15, 0.2) is 52.3 Å². The highest BCUT2D eigenvalue weighted by Crippen LogP contribution is 2.48. The van der Waals surface area contributed by atoms with Crippen LogP contribution in [0.3, 0.4) is 0 Å². The third kappa shape index (κ3) is 13.6. The molecule has 0 unspecified atom stereocenters. The molecule has 4 rings (SSSR count). The molecule has 0 bridgehead atoms. The number of nitrogens with zero attached hydrogens (tertiary/aromatic N) is 3. The minimum absolute atomic E-state index is 0.0446. The smallest absolute Gasteiger partial charge is 0.248 e. The van der Waals surface area contributed by atoms with Gasteiger partial charge in [0, 0.05) is 49.6 Å². The number of aryl methyl sites for hydroxylation is 1. The van der Waals surface area contributed by atoms with Crippen molar-refractivity contribution in [1.82, 2.24) is 9.80 Å². The highest BCUT2D eigenvalue weighted by Gasteiger charge is 2.24. The van der Waals surface area contributed by atoms with Crippen molar-refractivity contribution < 1.29 is 38.0 Å². The maximum Gasteiger partial charge on any atom is 0.248 e. The molecule has 0 atom stereocenters. The lowest BCUT2D eigenvalue weighted by molar-refractivity contribution is -0.138. The standard InChI is InChI=1S/C35H53N3O8S/c1-30-8-9-34-32(28-30)38(31-6-3-4-7-33(31)47-34)11-5-10-36-12-14-37(15-13-36)35(39)29-46-27-26-45-25-24-44-23-22-43-21-20-42-19-18-41-17-16-40-2/h3-4,6-9,28H,5,10-27,29H2,1-2H3. The van der Waals surface area contributed by atoms with Crippen molar-refractivity contribution in [1.29, 1.82) is 0 Å². The summed E-state index contributed by atoms with van der Waals surface area (Å²) < 4.78 is 37.7. The summed E-state index contributed by atoms with van der Waals surface area (Å²) in [5.74, 6) is 0.0446. The number of hydrogen-bond acceptors (Lipinski definition) is 11. The largest absolute Gasteiger partial charge is 0.382 e. The van der Waals surface area contributed by atoms with Crippen LogP contribution in [0.25, 0.3) is 0 Å². The lowest BCUT2D eigenvalue weighted by atomic mass is 10.1. The van der Waals surface area contributed by atoms with E-state index in [2.05, 4.69) is 59.2 Å². The van der Waals surface area contributed by atoms with Crippen molar-refractivity contribution in [2.75, 3.05) is 137 Å². The molecule has 11 nitrogen and oxygen atoms in total. The lowest BCUT2D eigenvalue weighted by Crippen LogP contribution is -2.50. The van der Waals surface area contributed by atoms with E-state index in [-0.39, 0.29) is 12.5 Å². The number of piperazine rings is 1. The molecule has 0 aromatic heterocycles. The zero-order valence-electron chi connectivity index (χ0n) is 28.2. The molecular formula is C35H53N3O8S. The van der Waals surface area contributed by atoms with Crippen LogP contribution in [0.1, 0.15) is 12.0 Å². The van der Waals surface area contributed by atoms with Crippen LogP contribution in [0.2, 0.25) is 0 Å². The number of hydrogen-bond donors (Lipinski definition) is 0. The second-order valence-electron chi connectivity index (χ2n) is 11.4. The summed E-state index contributed by atoms with van der Waals surface area (Å²) in [6.07, 6.45) is 1.06. The summed E-state index contributed by atoms with van der Waals surface area (Å²) in [5.41, 5.74) is 3.88. The number of amides is 1. The third-order valence-corrected chi connectivity index (χ3v) is 9.01. The van der Waals surface area contributed by atoms with Gasteiger partial charge < -0.3 is 43.0 Å². The fourth-order valence-corrected chi connectivity index (χ4v) is 6.42. The number of benzene rings is 2. The molecule has 1 amide bonds. The van der Waals surface area contributed by atoms with Gasteiger partial charge in [-0.25, -0.2) is 0 Å². The number of fused-ring (bicyclic) bond motifs is 2. The van der Waals surface area contributed by atoms with Gasteiger partial charge in [0.1, 0.15) is 6.61 Å². The normalized spacial score (nSPS) is 14.8. The lowest BCUT2D eigenvalue weighted by Gasteiger charge is -2.36. The van der Waals surface area contributed by atoms with Gasteiger partial charge in [0.25, 0.3) is 0 Å². The number of carbonyl (C=O) groups excluding carboxylic acids is 1. The maximum absolute atomic E-state index is 12.7. The molecule has 0 N–H and O–H groups in total. The summed E-state index contributed by atoms with van der Waals surface area (Å²) in [5, 5.41) is 0. The highest BCUT2D eigenvalue weighted by molar-refractivity contribution is 7.99. The van der Waals surface area contributed by atoms with Gasteiger partial charge in [0.05, 0.1) is 90.7 Å². The van der Waals surface area contributed by atoms with Crippen LogP contribution in [0.5, 0.6) is 0 Å². The van der Waals surface area contributed by atoms with Crippen molar-refractivity contribution in [2.24, 2.45) is 0 Å². The second kappa shape index (κ2) is 22.4. The molecule has 2 aliphatic heterocycles. The van der Waals surface area contributed by atoms with Crippen molar-refractivity contribution in [3.8, 4) is 0 Å². The molecule has 0 radical (unpaired) electrons. The number of carbonyl (C=O) groups is 1. The van der Waals surface area contributed by atoms with E-state index in [4.69, 9.17) is 33.2 Å². The predicted octanol–water partition coefficient (Wildman–Crippen LogP) is 3.88. The average molecular weight is 676 g/mol. The minimum atomic E-state index is 0.0446. The summed E-state index contributed by atoms with van der Waals surface area (Å²) in [6, 6.07) is 15.4. The van der Waals surface area contributed by atoms with Crippen LogP contribution >= 0.6 is 11.8 Å². The van der Waals surface area contributed by atoms with Crippen LogP contribution in [-0.4, -0.2) is 148 Å². The van der Waals surface area contributed by atoms with E-state index in [1.165, 1.54) is 26.7 Å². The molecule has 2 aromatic carbocycles. The molecule has 2 aromatic rings. The topological polar surface area (TPSA) is 91.4 Å². The quantitative estimate of drug-likeness (QED) is 0.152. The van der Waals surface area contributed by atoms with E-state index in [9.17, 15) is 4.79 Å². The predicted molar refractivity (Wildman–Crippen MR) is 183 cm³/mol. The van der Waals surface area contributed by atoms with Crippen LogP contribution < -0.4 is 4.90 Å². The van der Waals surface area contributed by atoms with E-state index < -0.39 is 0 Å². The fourth-order valence-electron chi connectivity index (χ4n) is 5.35. The van der Waals surface area contributed by atoms with Crippen molar-refractivity contribution in [3.63, 3.8) is 0 Å². The SMILES string of the molecule is COCCOCCOCCOCCOCCOCCOCC(=O)N1CCN(CCCN2c3ccccc3Sc3ccc(C)cc32)CC1. The van der Waals surface area contributed by atoms with E-state index in [0.717, 1.165) is 45.7 Å². The Hall–Kier alpha value is -2.26. The van der Waals surface area contributed by atoms with Gasteiger partial charge in [-0.3, -0.25) is 9.69 Å². The van der Waals surface area contributed by atoms with Crippen LogP contribution in [0.4, 0.5) is 11.4 Å². The first kappa shape index (κ1) is 37.6. The molecule has 47 heavy (non-hydrogen) atoms. The van der Waals surface area contributed by atoms with Gasteiger partial charge in [-0.05, 0) is 49.7 Å². The van der Waals surface area contributed by atoms with Gasteiger partial charge in [0.15, 0.2) is 0 Å². The van der Waals surface area contributed by atoms with E-state index in [1.807, 2.05) is 16.7 Å². The monoisotopic (exact) mass is 675 g/mol. The molecule has 1 saturated heterocycles. The van der Waals surface area contributed by atoms with E-state index in [1.54, 1.807) is 7.11 Å². The Balaban J connectivity index is 0.959. The molecule has 2 heterocycles. The first-order valence-electron chi connectivity index (χ1n) is 16.8. The molecule has 0 saturated carbocycles. The molecule has 1 fully saturated rings. The van der Waals surface area contributed by atoms with Crippen LogP contribution in [-0.2, 0) is 38.0 Å². The zero-order valence-corrected chi connectivity index (χ0v) is 29.0. The maximum atomic E-state index is 12.7. The van der Waals surface area contributed by atoms with E-state index >= 15 is 0 Å². The number of ether oxygens (including phenoxy) is 7. The molecule has 0 aliphatic carbocycles. The molecule has 0 spiro atoms. The summed E-state index contributed by atoms with van der Waals surface area (Å²) in [7, 11) is 1.65. The Bertz CT molecular complexity index is 1170. The Labute approximate surface area is 284 Å². The van der Waals surface area contributed by atoms with Crippen molar-refractivity contribution >= 4 is 29.0 Å². The van der Waals surface area contributed by atoms with Gasteiger partial charge in [-0.1, -0.05) is 30.0 Å².